The maximum Gasteiger partial charge on any atom is 0.0785 e. The van der Waals surface area contributed by atoms with E-state index >= 15 is 0 Å². The monoisotopic (exact) mass is 215 g/mol. The Morgan fingerprint density at radius 2 is 2.36 bits per heavy atom. The van der Waals surface area contributed by atoms with Gasteiger partial charge >= 0.3 is 0 Å². The van der Waals surface area contributed by atoms with Crippen LogP contribution in [0.3, 0.4) is 0 Å². The van der Waals surface area contributed by atoms with Gasteiger partial charge in [-0.3, -0.25) is 4.68 Å². The van der Waals surface area contributed by atoms with Gasteiger partial charge < -0.3 is 5.32 Å². The molecule has 0 spiro atoms. The first-order valence-corrected chi connectivity index (χ1v) is 5.56. The second-order valence-electron chi connectivity index (χ2n) is 3.39. The Bertz CT molecular complexity index is 260. The van der Waals surface area contributed by atoms with Crippen LogP contribution >= 0.6 is 11.6 Å². The van der Waals surface area contributed by atoms with Gasteiger partial charge in [0.1, 0.15) is 0 Å². The first-order chi connectivity index (χ1) is 6.77. The predicted molar refractivity (Wildman–Crippen MR) is 59.7 cm³/mol. The fourth-order valence-corrected chi connectivity index (χ4v) is 1.63. The van der Waals surface area contributed by atoms with Crippen molar-refractivity contribution in [2.24, 2.45) is 0 Å². The van der Waals surface area contributed by atoms with Crippen LogP contribution in [0.4, 0.5) is 0 Å². The molecule has 1 N–H and O–H groups in total. The fraction of sp³-hybridized carbons (Fsp3) is 0.700. The number of halogens is 1. The maximum atomic E-state index is 5.83. The third kappa shape index (κ3) is 3.31. The van der Waals surface area contributed by atoms with Crippen LogP contribution < -0.4 is 5.32 Å². The molecule has 0 aliphatic carbocycles. The lowest BCUT2D eigenvalue weighted by atomic mass is 10.2. The minimum atomic E-state index is 0.424. The van der Waals surface area contributed by atoms with Crippen molar-refractivity contribution < 1.29 is 0 Å². The van der Waals surface area contributed by atoms with Gasteiger partial charge in [-0.15, -0.1) is 0 Å². The van der Waals surface area contributed by atoms with E-state index in [1.165, 1.54) is 0 Å². The summed E-state index contributed by atoms with van der Waals surface area (Å²) in [4.78, 5) is 0. The zero-order valence-corrected chi connectivity index (χ0v) is 9.59. The van der Waals surface area contributed by atoms with Crippen molar-refractivity contribution in [2.75, 3.05) is 13.1 Å². The summed E-state index contributed by atoms with van der Waals surface area (Å²) in [5.74, 6) is 0. The van der Waals surface area contributed by atoms with Gasteiger partial charge in [-0.25, -0.2) is 0 Å². The number of hydrogen-bond acceptors (Lipinski definition) is 2. The molecule has 0 saturated carbocycles. The molecule has 14 heavy (non-hydrogen) atoms. The van der Waals surface area contributed by atoms with E-state index in [1.54, 1.807) is 6.20 Å². The third-order valence-corrected chi connectivity index (χ3v) is 2.39. The zero-order valence-electron chi connectivity index (χ0n) is 8.83. The second kappa shape index (κ2) is 6.04. The standard InChI is InChI=1S/C10H18ClN3/c1-3-5-10(7-12-4-2)14-8-9(11)6-13-14/h6,8,10,12H,3-5,7H2,1-2H3. The molecule has 0 aromatic carbocycles. The van der Waals surface area contributed by atoms with Crippen molar-refractivity contribution in [3.05, 3.63) is 17.4 Å². The van der Waals surface area contributed by atoms with Gasteiger partial charge in [-0.05, 0) is 13.0 Å². The number of nitrogens with one attached hydrogen (secondary N) is 1. The predicted octanol–water partition coefficient (Wildman–Crippen LogP) is 2.49. The molecule has 0 radical (unpaired) electrons. The van der Waals surface area contributed by atoms with E-state index < -0.39 is 0 Å². The highest BCUT2D eigenvalue weighted by atomic mass is 35.5. The van der Waals surface area contributed by atoms with Crippen molar-refractivity contribution in [3.8, 4) is 0 Å². The summed E-state index contributed by atoms with van der Waals surface area (Å²) in [6.07, 6.45) is 5.87. The molecule has 1 aromatic rings. The Balaban J connectivity index is 2.57. The summed E-state index contributed by atoms with van der Waals surface area (Å²) in [5, 5.41) is 8.28. The van der Waals surface area contributed by atoms with Gasteiger partial charge in [0.05, 0.1) is 17.3 Å². The zero-order chi connectivity index (χ0) is 10.4. The van der Waals surface area contributed by atoms with Crippen LogP contribution in [0.25, 0.3) is 0 Å². The number of rotatable bonds is 6. The minimum Gasteiger partial charge on any atom is -0.315 e. The molecule has 3 nitrogen and oxygen atoms in total. The van der Waals surface area contributed by atoms with E-state index in [0.717, 1.165) is 25.9 Å². The molecule has 1 atom stereocenters. The molecule has 1 unspecified atom stereocenters. The van der Waals surface area contributed by atoms with Crippen LogP contribution in [0.5, 0.6) is 0 Å². The van der Waals surface area contributed by atoms with Gasteiger partial charge in [-0.1, -0.05) is 31.9 Å². The summed E-state index contributed by atoms with van der Waals surface area (Å²) in [6.45, 7) is 6.25. The number of aromatic nitrogens is 2. The average molecular weight is 216 g/mol. The quantitative estimate of drug-likeness (QED) is 0.790. The van der Waals surface area contributed by atoms with Crippen LogP contribution in [0.1, 0.15) is 32.7 Å². The Morgan fingerprint density at radius 3 is 2.86 bits per heavy atom. The highest BCUT2D eigenvalue weighted by Crippen LogP contribution is 2.15. The molecule has 1 rings (SSSR count). The van der Waals surface area contributed by atoms with Crippen LogP contribution in [-0.4, -0.2) is 22.9 Å². The highest BCUT2D eigenvalue weighted by molar-refractivity contribution is 6.30. The van der Waals surface area contributed by atoms with Gasteiger partial charge in [0, 0.05) is 12.7 Å². The van der Waals surface area contributed by atoms with E-state index in [0.29, 0.717) is 11.1 Å². The molecular weight excluding hydrogens is 198 g/mol. The first-order valence-electron chi connectivity index (χ1n) is 5.18. The molecular formula is C10H18ClN3. The van der Waals surface area contributed by atoms with Gasteiger partial charge in [0.15, 0.2) is 0 Å². The molecule has 1 aromatic heterocycles. The molecule has 0 aliphatic rings. The van der Waals surface area contributed by atoms with Crippen LogP contribution in [0.2, 0.25) is 5.02 Å². The lowest BCUT2D eigenvalue weighted by molar-refractivity contribution is 0.399. The molecule has 0 bridgehead atoms. The van der Waals surface area contributed by atoms with Gasteiger partial charge in [0.2, 0.25) is 0 Å². The topological polar surface area (TPSA) is 29.9 Å². The van der Waals surface area contributed by atoms with Crippen molar-refractivity contribution in [1.82, 2.24) is 15.1 Å². The molecule has 0 saturated heterocycles. The molecule has 80 valence electrons. The van der Waals surface area contributed by atoms with E-state index in [1.807, 2.05) is 10.9 Å². The Morgan fingerprint density at radius 1 is 1.57 bits per heavy atom. The number of likely N-dealkylation sites (N-methyl/N-ethyl adjacent to an activating group) is 1. The van der Waals surface area contributed by atoms with Crippen molar-refractivity contribution in [2.45, 2.75) is 32.7 Å². The number of hydrogen-bond donors (Lipinski definition) is 1. The van der Waals surface area contributed by atoms with E-state index in [4.69, 9.17) is 11.6 Å². The Labute approximate surface area is 90.4 Å². The van der Waals surface area contributed by atoms with Crippen LogP contribution in [-0.2, 0) is 0 Å². The van der Waals surface area contributed by atoms with Crippen molar-refractivity contribution in [1.29, 1.82) is 0 Å². The van der Waals surface area contributed by atoms with E-state index in [2.05, 4.69) is 24.3 Å². The average Bonchev–Trinajstić information content (AvgIpc) is 2.59. The van der Waals surface area contributed by atoms with E-state index in [-0.39, 0.29) is 0 Å². The maximum absolute atomic E-state index is 5.83. The normalized spacial score (nSPS) is 13.1. The molecule has 1 heterocycles. The molecule has 0 aliphatic heterocycles. The summed E-state index contributed by atoms with van der Waals surface area (Å²) in [5.41, 5.74) is 0. The summed E-state index contributed by atoms with van der Waals surface area (Å²) in [7, 11) is 0. The van der Waals surface area contributed by atoms with Crippen LogP contribution in [0.15, 0.2) is 12.4 Å². The lowest BCUT2D eigenvalue weighted by Crippen LogP contribution is -2.25. The first kappa shape index (κ1) is 11.5. The summed E-state index contributed by atoms with van der Waals surface area (Å²) in [6, 6.07) is 0.424. The fourth-order valence-electron chi connectivity index (χ4n) is 1.49. The molecule has 0 amide bonds. The largest absolute Gasteiger partial charge is 0.315 e. The third-order valence-electron chi connectivity index (χ3n) is 2.20. The number of nitrogens with zero attached hydrogens (tertiary/aromatic N) is 2. The summed E-state index contributed by atoms with van der Waals surface area (Å²) >= 11 is 5.83. The smallest absolute Gasteiger partial charge is 0.0785 e. The van der Waals surface area contributed by atoms with E-state index in [9.17, 15) is 0 Å². The van der Waals surface area contributed by atoms with Crippen molar-refractivity contribution in [3.63, 3.8) is 0 Å². The molecule has 4 heteroatoms. The van der Waals surface area contributed by atoms with Gasteiger partial charge in [-0.2, -0.15) is 5.10 Å². The second-order valence-corrected chi connectivity index (χ2v) is 3.83. The minimum absolute atomic E-state index is 0.424. The Kier molecular flexibility index (Phi) is 4.98. The summed E-state index contributed by atoms with van der Waals surface area (Å²) < 4.78 is 1.95. The van der Waals surface area contributed by atoms with Crippen molar-refractivity contribution >= 4 is 11.6 Å². The SMILES string of the molecule is CCCC(CNCC)n1cc(Cl)cn1. The highest BCUT2D eigenvalue weighted by Gasteiger charge is 2.09. The van der Waals surface area contributed by atoms with Gasteiger partial charge in [0.25, 0.3) is 0 Å². The van der Waals surface area contributed by atoms with Crippen LogP contribution in [0, 0.1) is 0 Å². The lowest BCUT2D eigenvalue weighted by Gasteiger charge is -2.16. The molecule has 0 fully saturated rings. The Hall–Kier alpha value is -0.540.